The summed E-state index contributed by atoms with van der Waals surface area (Å²) in [6, 6.07) is 13.3. The third-order valence-electron chi connectivity index (χ3n) is 5.79. The molecule has 0 spiro atoms. The van der Waals surface area contributed by atoms with E-state index < -0.39 is 0 Å². The fourth-order valence-corrected chi connectivity index (χ4v) is 5.31. The van der Waals surface area contributed by atoms with E-state index in [0.29, 0.717) is 6.04 Å². The van der Waals surface area contributed by atoms with Crippen molar-refractivity contribution in [3.63, 3.8) is 0 Å². The molecule has 0 unspecified atom stereocenters. The van der Waals surface area contributed by atoms with Crippen molar-refractivity contribution in [1.29, 1.82) is 0 Å². The number of hydrogen-bond acceptors (Lipinski definition) is 2. The number of fused-ring (bicyclic) bond motifs is 2. The number of carbonyl (C=O) groups is 1. The maximum atomic E-state index is 13.4. The third kappa shape index (κ3) is 2.51. The lowest BCUT2D eigenvalue weighted by molar-refractivity contribution is 0.0722. The Kier molecular flexibility index (Phi) is 3.66. The lowest BCUT2D eigenvalue weighted by Crippen LogP contribution is -2.37. The van der Waals surface area contributed by atoms with Crippen LogP contribution in [0.1, 0.15) is 53.3 Å². The van der Waals surface area contributed by atoms with E-state index in [0.717, 1.165) is 25.2 Å². The Labute approximate surface area is 151 Å². The normalized spacial score (nSPS) is 18.0. The van der Waals surface area contributed by atoms with Crippen LogP contribution in [-0.2, 0) is 13.0 Å². The van der Waals surface area contributed by atoms with E-state index in [1.54, 1.807) is 11.3 Å². The topological polar surface area (TPSA) is 25.2 Å². The van der Waals surface area contributed by atoms with E-state index in [9.17, 15) is 4.79 Å². The number of rotatable bonds is 2. The van der Waals surface area contributed by atoms with Crippen molar-refractivity contribution < 1.29 is 4.79 Å². The molecule has 1 aliphatic heterocycles. The van der Waals surface area contributed by atoms with Crippen LogP contribution in [0.15, 0.2) is 41.8 Å². The molecule has 25 heavy (non-hydrogen) atoms. The first-order valence-corrected chi connectivity index (χ1v) is 10.1. The summed E-state index contributed by atoms with van der Waals surface area (Å²) in [6.45, 7) is 1.55. The minimum Gasteiger partial charge on any atom is -0.333 e. The van der Waals surface area contributed by atoms with Gasteiger partial charge in [-0.2, -0.15) is 0 Å². The summed E-state index contributed by atoms with van der Waals surface area (Å²) >= 11 is 1.74. The van der Waals surface area contributed by atoms with Gasteiger partial charge in [0.15, 0.2) is 0 Å². The van der Waals surface area contributed by atoms with Crippen molar-refractivity contribution in [3.8, 4) is 0 Å². The molecular formula is C21H22N2OS. The largest absolute Gasteiger partial charge is 0.333 e. The maximum absolute atomic E-state index is 13.4. The highest BCUT2D eigenvalue weighted by molar-refractivity contribution is 7.17. The van der Waals surface area contributed by atoms with Crippen molar-refractivity contribution in [3.05, 3.63) is 58.6 Å². The number of amides is 1. The third-order valence-corrected chi connectivity index (χ3v) is 6.64. The Morgan fingerprint density at radius 2 is 1.88 bits per heavy atom. The quantitative estimate of drug-likeness (QED) is 0.637. The van der Waals surface area contributed by atoms with E-state index in [1.165, 1.54) is 47.0 Å². The first-order valence-electron chi connectivity index (χ1n) is 9.26. The molecule has 2 aliphatic rings. The predicted molar refractivity (Wildman–Crippen MR) is 102 cm³/mol. The van der Waals surface area contributed by atoms with Crippen LogP contribution in [0.2, 0.25) is 0 Å². The Hall–Kier alpha value is -2.07. The van der Waals surface area contributed by atoms with E-state index in [2.05, 4.69) is 46.3 Å². The summed E-state index contributed by atoms with van der Waals surface area (Å²) in [5.41, 5.74) is 4.83. The molecule has 0 radical (unpaired) electrons. The van der Waals surface area contributed by atoms with Crippen molar-refractivity contribution in [2.24, 2.45) is 0 Å². The fourth-order valence-electron chi connectivity index (χ4n) is 4.50. The molecule has 2 aromatic heterocycles. The molecule has 4 heteroatoms. The summed E-state index contributed by atoms with van der Waals surface area (Å²) in [5, 5.41) is 2.14. The molecule has 0 saturated heterocycles. The standard InChI is InChI=1S/C21H22N2OS/c24-21(22-11-9-15-5-1-2-6-16(15)14-22)19-13-20-18(10-12-25-20)23(19)17-7-3-4-8-17/h1-2,5-6,10,12-13,17H,3-4,7-9,11,14H2. The second kappa shape index (κ2) is 6.03. The van der Waals surface area contributed by atoms with Crippen LogP contribution in [0, 0.1) is 0 Å². The summed E-state index contributed by atoms with van der Waals surface area (Å²) in [5.74, 6) is 0.199. The summed E-state index contributed by atoms with van der Waals surface area (Å²) in [6.07, 6.45) is 5.91. The Balaban J connectivity index is 1.52. The molecular weight excluding hydrogens is 328 g/mol. The first kappa shape index (κ1) is 15.2. The lowest BCUT2D eigenvalue weighted by atomic mass is 10.00. The Morgan fingerprint density at radius 1 is 1.08 bits per heavy atom. The molecule has 5 rings (SSSR count). The lowest BCUT2D eigenvalue weighted by Gasteiger charge is -2.30. The molecule has 1 saturated carbocycles. The number of thiophene rings is 1. The molecule has 0 atom stereocenters. The van der Waals surface area contributed by atoms with Crippen LogP contribution >= 0.6 is 11.3 Å². The van der Waals surface area contributed by atoms with Gasteiger partial charge in [0.1, 0.15) is 5.69 Å². The SMILES string of the molecule is O=C(c1cc2sccc2n1C1CCCC1)N1CCc2ccccc2C1. The van der Waals surface area contributed by atoms with Crippen LogP contribution in [-0.4, -0.2) is 21.9 Å². The van der Waals surface area contributed by atoms with Gasteiger partial charge in [-0.3, -0.25) is 4.79 Å². The smallest absolute Gasteiger partial charge is 0.270 e. The number of nitrogens with zero attached hydrogens (tertiary/aromatic N) is 2. The van der Waals surface area contributed by atoms with Crippen molar-refractivity contribution in [2.75, 3.05) is 6.54 Å². The maximum Gasteiger partial charge on any atom is 0.270 e. The first-order chi connectivity index (χ1) is 12.3. The van der Waals surface area contributed by atoms with Gasteiger partial charge in [-0.15, -0.1) is 11.3 Å². The van der Waals surface area contributed by atoms with Gasteiger partial charge < -0.3 is 9.47 Å². The summed E-state index contributed by atoms with van der Waals surface area (Å²) < 4.78 is 3.59. The monoisotopic (exact) mass is 350 g/mol. The van der Waals surface area contributed by atoms with Crippen LogP contribution < -0.4 is 0 Å². The van der Waals surface area contributed by atoms with Gasteiger partial charge in [0, 0.05) is 19.1 Å². The predicted octanol–water partition coefficient (Wildman–Crippen LogP) is 5.02. The minimum absolute atomic E-state index is 0.199. The van der Waals surface area contributed by atoms with Crippen LogP contribution in [0.4, 0.5) is 0 Å². The Morgan fingerprint density at radius 3 is 2.72 bits per heavy atom. The zero-order chi connectivity index (χ0) is 16.8. The van der Waals surface area contributed by atoms with Crippen molar-refractivity contribution in [1.82, 2.24) is 9.47 Å². The number of benzene rings is 1. The zero-order valence-corrected chi connectivity index (χ0v) is 15.1. The fraction of sp³-hybridized carbons (Fsp3) is 0.381. The highest BCUT2D eigenvalue weighted by Gasteiger charge is 2.29. The van der Waals surface area contributed by atoms with E-state index in [1.807, 2.05) is 4.90 Å². The molecule has 0 N–H and O–H groups in total. The highest BCUT2D eigenvalue weighted by atomic mass is 32.1. The number of hydrogen-bond donors (Lipinski definition) is 0. The second-order valence-electron chi connectivity index (χ2n) is 7.25. The van der Waals surface area contributed by atoms with Gasteiger partial charge in [0.2, 0.25) is 0 Å². The van der Waals surface area contributed by atoms with Crippen LogP contribution in [0.5, 0.6) is 0 Å². The average molecular weight is 350 g/mol. The van der Waals surface area contributed by atoms with E-state index in [-0.39, 0.29) is 5.91 Å². The molecule has 3 aromatic rings. The van der Waals surface area contributed by atoms with Crippen molar-refractivity contribution >= 4 is 27.5 Å². The Bertz CT molecular complexity index is 932. The summed E-state index contributed by atoms with van der Waals surface area (Å²) in [4.78, 5) is 15.4. The highest BCUT2D eigenvalue weighted by Crippen LogP contribution is 2.37. The number of aromatic nitrogens is 1. The molecule has 1 aromatic carbocycles. The van der Waals surface area contributed by atoms with Gasteiger partial charge in [-0.25, -0.2) is 0 Å². The van der Waals surface area contributed by atoms with Gasteiger partial charge in [-0.05, 0) is 47.9 Å². The van der Waals surface area contributed by atoms with Gasteiger partial charge in [0.25, 0.3) is 5.91 Å². The average Bonchev–Trinajstić information content (AvgIpc) is 3.37. The van der Waals surface area contributed by atoms with Gasteiger partial charge >= 0.3 is 0 Å². The number of carbonyl (C=O) groups excluding carboxylic acids is 1. The molecule has 0 bridgehead atoms. The molecule has 1 fully saturated rings. The molecule has 1 aliphatic carbocycles. The van der Waals surface area contributed by atoms with Crippen molar-refractivity contribution in [2.45, 2.75) is 44.7 Å². The minimum atomic E-state index is 0.199. The van der Waals surface area contributed by atoms with Gasteiger partial charge in [-0.1, -0.05) is 37.1 Å². The molecule has 1 amide bonds. The van der Waals surface area contributed by atoms with Crippen LogP contribution in [0.25, 0.3) is 10.2 Å². The van der Waals surface area contributed by atoms with E-state index >= 15 is 0 Å². The van der Waals surface area contributed by atoms with E-state index in [4.69, 9.17) is 0 Å². The molecule has 128 valence electrons. The molecule has 3 nitrogen and oxygen atoms in total. The van der Waals surface area contributed by atoms with Gasteiger partial charge in [0.05, 0.1) is 10.2 Å². The van der Waals surface area contributed by atoms with Crippen LogP contribution in [0.3, 0.4) is 0 Å². The second-order valence-corrected chi connectivity index (χ2v) is 8.20. The molecule has 3 heterocycles. The zero-order valence-electron chi connectivity index (χ0n) is 14.3. The summed E-state index contributed by atoms with van der Waals surface area (Å²) in [7, 11) is 0.